The number of nitrogen functional groups attached to an aromatic ring is 1. The lowest BCUT2D eigenvalue weighted by molar-refractivity contribution is 0.329. The van der Waals surface area contributed by atoms with Crippen molar-refractivity contribution in [1.82, 2.24) is 9.78 Å². The van der Waals surface area contributed by atoms with E-state index in [1.807, 2.05) is 16.9 Å². The lowest BCUT2D eigenvalue weighted by atomic mass is 9.88. The predicted molar refractivity (Wildman–Crippen MR) is 81.8 cm³/mol. The zero-order valence-corrected chi connectivity index (χ0v) is 12.1. The molecule has 1 aliphatic heterocycles. The normalized spacial score (nSPS) is 24.4. The molecule has 1 saturated heterocycles. The van der Waals surface area contributed by atoms with Gasteiger partial charge in [0.05, 0.1) is 17.9 Å². The van der Waals surface area contributed by atoms with Crippen molar-refractivity contribution in [2.45, 2.75) is 18.9 Å². The molecule has 1 aromatic carbocycles. The Balaban J connectivity index is 1.93. The van der Waals surface area contributed by atoms with Crippen molar-refractivity contribution in [3.05, 3.63) is 48.3 Å². The van der Waals surface area contributed by atoms with Gasteiger partial charge in [-0.2, -0.15) is 5.10 Å². The molecule has 3 rings (SSSR count). The van der Waals surface area contributed by atoms with Crippen molar-refractivity contribution in [3.63, 3.8) is 0 Å². The monoisotopic (exact) mass is 289 g/mol. The third kappa shape index (κ3) is 2.77. The highest BCUT2D eigenvalue weighted by molar-refractivity contribution is 7.85. The van der Waals surface area contributed by atoms with Crippen molar-refractivity contribution in [2.24, 2.45) is 5.92 Å². The molecular formula is C15H19N3OS. The van der Waals surface area contributed by atoms with Gasteiger partial charge in [-0.1, -0.05) is 30.3 Å². The summed E-state index contributed by atoms with van der Waals surface area (Å²) in [6.45, 7) is 0. The minimum absolute atomic E-state index is 0.186. The smallest absolute Gasteiger partial charge is 0.0798 e. The molecular weight excluding hydrogens is 270 g/mol. The summed E-state index contributed by atoms with van der Waals surface area (Å²) in [5.74, 6) is 2.06. The molecule has 2 aromatic rings. The van der Waals surface area contributed by atoms with Gasteiger partial charge in [-0.25, -0.2) is 0 Å². The van der Waals surface area contributed by atoms with Crippen LogP contribution in [0.15, 0.2) is 42.7 Å². The van der Waals surface area contributed by atoms with E-state index >= 15 is 0 Å². The first kappa shape index (κ1) is 13.4. The van der Waals surface area contributed by atoms with Gasteiger partial charge in [0.25, 0.3) is 0 Å². The van der Waals surface area contributed by atoms with Crippen molar-refractivity contribution in [3.8, 4) is 0 Å². The third-order valence-corrected chi connectivity index (χ3v) is 5.31. The summed E-state index contributed by atoms with van der Waals surface area (Å²) in [5.41, 5.74) is 7.74. The van der Waals surface area contributed by atoms with E-state index in [1.165, 1.54) is 5.56 Å². The molecule has 20 heavy (non-hydrogen) atoms. The van der Waals surface area contributed by atoms with E-state index in [-0.39, 0.29) is 6.04 Å². The maximum Gasteiger partial charge on any atom is 0.0798 e. The summed E-state index contributed by atoms with van der Waals surface area (Å²) < 4.78 is 13.5. The molecule has 4 nitrogen and oxygen atoms in total. The van der Waals surface area contributed by atoms with E-state index in [0.717, 1.165) is 24.3 Å². The number of hydrogen-bond donors (Lipinski definition) is 1. The first-order valence-electron chi connectivity index (χ1n) is 6.93. The van der Waals surface area contributed by atoms with Crippen LogP contribution in [-0.4, -0.2) is 25.5 Å². The van der Waals surface area contributed by atoms with Crippen molar-refractivity contribution in [1.29, 1.82) is 0 Å². The molecule has 1 fully saturated rings. The molecule has 1 aliphatic rings. The standard InChI is InChI=1S/C15H19N3OS/c16-14-10-17-18(11-14)15(12-4-2-1-3-5-12)13-6-8-20(19)9-7-13/h1-5,10-11,13,15H,6-9,16H2. The summed E-state index contributed by atoms with van der Waals surface area (Å²) >= 11 is 0. The Hall–Kier alpha value is -1.62. The van der Waals surface area contributed by atoms with E-state index in [0.29, 0.717) is 11.6 Å². The van der Waals surface area contributed by atoms with Crippen LogP contribution >= 0.6 is 0 Å². The number of nitrogens with zero attached hydrogens (tertiary/aromatic N) is 2. The first-order chi connectivity index (χ1) is 9.74. The second-order valence-electron chi connectivity index (χ2n) is 5.29. The maximum absolute atomic E-state index is 11.6. The van der Waals surface area contributed by atoms with Gasteiger partial charge >= 0.3 is 0 Å². The maximum atomic E-state index is 11.6. The average Bonchev–Trinajstić information content (AvgIpc) is 2.89. The van der Waals surface area contributed by atoms with Crippen LogP contribution in [0.2, 0.25) is 0 Å². The van der Waals surface area contributed by atoms with Gasteiger partial charge in [-0.15, -0.1) is 0 Å². The fourth-order valence-corrected chi connectivity index (χ4v) is 4.26. The number of anilines is 1. The van der Waals surface area contributed by atoms with E-state index in [4.69, 9.17) is 5.73 Å². The Morgan fingerprint density at radius 2 is 1.95 bits per heavy atom. The molecule has 106 valence electrons. The third-order valence-electron chi connectivity index (χ3n) is 3.93. The van der Waals surface area contributed by atoms with E-state index < -0.39 is 10.8 Å². The van der Waals surface area contributed by atoms with Crippen molar-refractivity contribution in [2.75, 3.05) is 17.2 Å². The van der Waals surface area contributed by atoms with E-state index in [1.54, 1.807) is 6.20 Å². The molecule has 5 heteroatoms. The van der Waals surface area contributed by atoms with Gasteiger partial charge in [0, 0.05) is 28.5 Å². The molecule has 0 radical (unpaired) electrons. The predicted octanol–water partition coefficient (Wildman–Crippen LogP) is 2.21. The number of hydrogen-bond acceptors (Lipinski definition) is 3. The van der Waals surface area contributed by atoms with Crippen LogP contribution < -0.4 is 5.73 Å². The van der Waals surface area contributed by atoms with E-state index in [2.05, 4.69) is 29.4 Å². The summed E-state index contributed by atoms with van der Waals surface area (Å²) in [7, 11) is -0.639. The molecule has 0 bridgehead atoms. The lowest BCUT2D eigenvalue weighted by Crippen LogP contribution is -2.28. The highest BCUT2D eigenvalue weighted by Crippen LogP contribution is 2.33. The Bertz CT molecular complexity index is 586. The minimum Gasteiger partial charge on any atom is -0.396 e. The number of aromatic nitrogens is 2. The highest BCUT2D eigenvalue weighted by Gasteiger charge is 2.29. The van der Waals surface area contributed by atoms with E-state index in [9.17, 15) is 4.21 Å². The first-order valence-corrected chi connectivity index (χ1v) is 8.42. The number of benzene rings is 1. The fourth-order valence-electron chi connectivity index (χ4n) is 2.92. The molecule has 1 atom stereocenters. The molecule has 0 spiro atoms. The van der Waals surface area contributed by atoms with Gasteiger partial charge < -0.3 is 5.73 Å². The minimum atomic E-state index is -0.639. The van der Waals surface area contributed by atoms with Crippen LogP contribution in [0.4, 0.5) is 5.69 Å². The largest absolute Gasteiger partial charge is 0.396 e. The van der Waals surface area contributed by atoms with Crippen LogP contribution in [0.5, 0.6) is 0 Å². The van der Waals surface area contributed by atoms with Crippen molar-refractivity contribution >= 4 is 16.5 Å². The van der Waals surface area contributed by atoms with Crippen LogP contribution in [0.1, 0.15) is 24.4 Å². The Labute approximate surface area is 121 Å². The van der Waals surface area contributed by atoms with Gasteiger partial charge in [0.15, 0.2) is 0 Å². The summed E-state index contributed by atoms with van der Waals surface area (Å²) in [5, 5.41) is 4.40. The number of rotatable bonds is 3. The summed E-state index contributed by atoms with van der Waals surface area (Å²) in [6, 6.07) is 10.6. The zero-order chi connectivity index (χ0) is 13.9. The average molecular weight is 289 g/mol. The molecule has 0 saturated carbocycles. The summed E-state index contributed by atoms with van der Waals surface area (Å²) in [4.78, 5) is 0. The molecule has 2 heterocycles. The van der Waals surface area contributed by atoms with Gasteiger partial charge in [-0.3, -0.25) is 8.89 Å². The molecule has 0 amide bonds. The molecule has 1 aromatic heterocycles. The molecule has 2 N–H and O–H groups in total. The van der Waals surface area contributed by atoms with Gasteiger partial charge in [0.1, 0.15) is 0 Å². The quantitative estimate of drug-likeness (QED) is 0.942. The van der Waals surface area contributed by atoms with Crippen molar-refractivity contribution < 1.29 is 4.21 Å². The molecule has 1 unspecified atom stereocenters. The van der Waals surface area contributed by atoms with Crippen LogP contribution in [-0.2, 0) is 10.8 Å². The Morgan fingerprint density at radius 1 is 1.25 bits per heavy atom. The topological polar surface area (TPSA) is 60.9 Å². The molecule has 0 aliphatic carbocycles. The second-order valence-corrected chi connectivity index (χ2v) is 6.99. The highest BCUT2D eigenvalue weighted by atomic mass is 32.2. The zero-order valence-electron chi connectivity index (χ0n) is 11.3. The van der Waals surface area contributed by atoms with Gasteiger partial charge in [-0.05, 0) is 24.3 Å². The number of nitrogens with two attached hydrogens (primary N) is 1. The second kappa shape index (κ2) is 5.79. The van der Waals surface area contributed by atoms with Gasteiger partial charge in [0.2, 0.25) is 0 Å². The lowest BCUT2D eigenvalue weighted by Gasteiger charge is -2.30. The fraction of sp³-hybridized carbons (Fsp3) is 0.400. The van der Waals surface area contributed by atoms with Crippen LogP contribution in [0, 0.1) is 5.92 Å². The SMILES string of the molecule is Nc1cnn(C(c2ccccc2)C2CCS(=O)CC2)c1. The van der Waals surface area contributed by atoms with Crippen LogP contribution in [0.25, 0.3) is 0 Å². The Kier molecular flexibility index (Phi) is 3.87. The summed E-state index contributed by atoms with van der Waals surface area (Å²) in [6.07, 6.45) is 5.54. The van der Waals surface area contributed by atoms with Crippen LogP contribution in [0.3, 0.4) is 0 Å². The Morgan fingerprint density at radius 3 is 2.55 bits per heavy atom.